The Bertz CT molecular complexity index is 742. The summed E-state index contributed by atoms with van der Waals surface area (Å²) < 4.78 is 1.87. The first kappa shape index (κ1) is 14.0. The Morgan fingerprint density at radius 1 is 1.10 bits per heavy atom. The quantitative estimate of drug-likeness (QED) is 0.726. The van der Waals surface area contributed by atoms with Crippen LogP contribution in [0.1, 0.15) is 0 Å². The van der Waals surface area contributed by atoms with Crippen molar-refractivity contribution in [2.45, 2.75) is 9.79 Å². The minimum atomic E-state index is 0.453. The summed E-state index contributed by atoms with van der Waals surface area (Å²) in [5, 5.41) is 3.60. The fourth-order valence-electron chi connectivity index (χ4n) is 1.83. The van der Waals surface area contributed by atoms with Crippen LogP contribution in [0.15, 0.2) is 64.8 Å². The fraction of sp³-hybridized carbons (Fsp3) is 0.0667. The molecule has 0 fully saturated rings. The molecule has 1 aromatic carbocycles. The first-order chi connectivity index (χ1) is 10.2. The number of benzene rings is 1. The minimum absolute atomic E-state index is 0.453. The van der Waals surface area contributed by atoms with Gasteiger partial charge >= 0.3 is 0 Å². The third-order valence-corrected chi connectivity index (χ3v) is 3.88. The highest BCUT2D eigenvalue weighted by Gasteiger charge is 2.05. The predicted octanol–water partition coefficient (Wildman–Crippen LogP) is 4.36. The molecule has 2 heterocycles. The molecule has 0 atom stereocenters. The molecular weight excluding hydrogens is 304 g/mol. The Labute approximate surface area is 132 Å². The summed E-state index contributed by atoms with van der Waals surface area (Å²) in [7, 11) is 1.92. The van der Waals surface area contributed by atoms with E-state index < -0.39 is 0 Å². The maximum Gasteiger partial charge on any atom is 0.149 e. The van der Waals surface area contributed by atoms with Gasteiger partial charge in [0.1, 0.15) is 16.8 Å². The number of anilines is 2. The van der Waals surface area contributed by atoms with Crippen molar-refractivity contribution in [2.24, 2.45) is 7.05 Å². The highest BCUT2D eigenvalue weighted by Crippen LogP contribution is 2.31. The van der Waals surface area contributed by atoms with E-state index in [2.05, 4.69) is 27.4 Å². The molecule has 0 radical (unpaired) electrons. The number of halogens is 1. The van der Waals surface area contributed by atoms with Gasteiger partial charge in [-0.2, -0.15) is 0 Å². The van der Waals surface area contributed by atoms with Crippen LogP contribution in [0.3, 0.4) is 0 Å². The number of aromatic nitrogens is 3. The summed E-state index contributed by atoms with van der Waals surface area (Å²) in [5.41, 5.74) is 0. The molecule has 0 saturated heterocycles. The van der Waals surface area contributed by atoms with Gasteiger partial charge in [-0.05, 0) is 24.3 Å². The Kier molecular flexibility index (Phi) is 4.13. The fourth-order valence-corrected chi connectivity index (χ4v) is 3.01. The number of nitrogens with one attached hydrogen (secondary N) is 1. The smallest absolute Gasteiger partial charge is 0.149 e. The molecule has 3 rings (SSSR count). The van der Waals surface area contributed by atoms with E-state index in [1.807, 2.05) is 48.1 Å². The lowest BCUT2D eigenvalue weighted by Crippen LogP contribution is -1.94. The van der Waals surface area contributed by atoms with Crippen molar-refractivity contribution in [3.05, 3.63) is 60.1 Å². The molecule has 3 aromatic rings. The number of pyridine rings is 1. The van der Waals surface area contributed by atoms with E-state index in [-0.39, 0.29) is 0 Å². The third-order valence-electron chi connectivity index (χ3n) is 2.71. The van der Waals surface area contributed by atoms with Crippen LogP contribution in [0.25, 0.3) is 0 Å². The number of hydrogen-bond acceptors (Lipinski definition) is 4. The highest BCUT2D eigenvalue weighted by molar-refractivity contribution is 7.99. The van der Waals surface area contributed by atoms with E-state index in [0.717, 1.165) is 15.6 Å². The second-order valence-corrected chi connectivity index (χ2v) is 6.01. The molecule has 21 heavy (non-hydrogen) atoms. The first-order valence-electron chi connectivity index (χ1n) is 6.34. The van der Waals surface area contributed by atoms with Gasteiger partial charge in [-0.25, -0.2) is 9.97 Å². The number of aryl methyl sites for hydroxylation is 1. The van der Waals surface area contributed by atoms with Crippen molar-refractivity contribution in [1.29, 1.82) is 0 Å². The van der Waals surface area contributed by atoms with Gasteiger partial charge in [-0.1, -0.05) is 41.6 Å². The molecule has 0 amide bonds. The second kappa shape index (κ2) is 6.20. The van der Waals surface area contributed by atoms with Crippen LogP contribution in [0, 0.1) is 0 Å². The lowest BCUT2D eigenvalue weighted by atomic mass is 10.4. The molecule has 0 aliphatic rings. The molecule has 6 heteroatoms. The first-order valence-corrected chi connectivity index (χ1v) is 7.54. The zero-order chi connectivity index (χ0) is 14.7. The van der Waals surface area contributed by atoms with Gasteiger partial charge < -0.3 is 9.88 Å². The molecule has 0 aliphatic heterocycles. The minimum Gasteiger partial charge on any atom is -0.338 e. The van der Waals surface area contributed by atoms with E-state index in [1.54, 1.807) is 18.1 Å². The summed E-state index contributed by atoms with van der Waals surface area (Å²) in [6.45, 7) is 0. The molecule has 106 valence electrons. The maximum atomic E-state index is 6.10. The van der Waals surface area contributed by atoms with Gasteiger partial charge in [0.25, 0.3) is 0 Å². The van der Waals surface area contributed by atoms with Crippen LogP contribution in [0.5, 0.6) is 0 Å². The number of hydrogen-bond donors (Lipinski definition) is 1. The molecular formula is C15H13ClN4S. The molecule has 4 nitrogen and oxygen atoms in total. The van der Waals surface area contributed by atoms with E-state index >= 15 is 0 Å². The topological polar surface area (TPSA) is 42.7 Å². The lowest BCUT2D eigenvalue weighted by molar-refractivity contribution is 0.913. The van der Waals surface area contributed by atoms with Crippen molar-refractivity contribution in [3.63, 3.8) is 0 Å². The summed E-state index contributed by atoms with van der Waals surface area (Å²) in [6.07, 6.45) is 3.61. The monoisotopic (exact) mass is 316 g/mol. The molecule has 0 aliphatic carbocycles. The van der Waals surface area contributed by atoms with E-state index in [9.17, 15) is 0 Å². The van der Waals surface area contributed by atoms with Crippen molar-refractivity contribution < 1.29 is 0 Å². The van der Waals surface area contributed by atoms with Gasteiger partial charge in [-0.3, -0.25) is 0 Å². The van der Waals surface area contributed by atoms with Crippen molar-refractivity contribution in [3.8, 4) is 0 Å². The predicted molar refractivity (Wildman–Crippen MR) is 86.3 cm³/mol. The Morgan fingerprint density at radius 3 is 2.62 bits per heavy atom. The zero-order valence-corrected chi connectivity index (χ0v) is 12.9. The Hall–Kier alpha value is -1.98. The van der Waals surface area contributed by atoms with Crippen molar-refractivity contribution >= 4 is 35.0 Å². The summed E-state index contributed by atoms with van der Waals surface area (Å²) >= 11 is 7.74. The molecule has 0 unspecified atom stereocenters. The van der Waals surface area contributed by atoms with Crippen molar-refractivity contribution in [2.75, 3.05) is 5.32 Å². The van der Waals surface area contributed by atoms with Gasteiger partial charge in [0.2, 0.25) is 0 Å². The Balaban J connectivity index is 1.82. The standard InChI is InChI=1S/C15H13ClN4S/c1-20-9-15(17-10-20)19-14-8-12(7-13(16)18-14)21-11-5-3-2-4-6-11/h2-10H,1H3,(H,18,19). The second-order valence-electron chi connectivity index (χ2n) is 4.48. The summed E-state index contributed by atoms with van der Waals surface area (Å²) in [4.78, 5) is 10.7. The molecule has 0 saturated carbocycles. The molecule has 0 spiro atoms. The van der Waals surface area contributed by atoms with Crippen LogP contribution in [-0.2, 0) is 7.05 Å². The van der Waals surface area contributed by atoms with Gasteiger partial charge in [0, 0.05) is 23.0 Å². The third kappa shape index (κ3) is 3.77. The number of nitrogens with zero attached hydrogens (tertiary/aromatic N) is 3. The molecule has 1 N–H and O–H groups in total. The maximum absolute atomic E-state index is 6.10. The average molecular weight is 317 g/mol. The molecule has 2 aromatic heterocycles. The number of imidazole rings is 1. The zero-order valence-electron chi connectivity index (χ0n) is 11.3. The van der Waals surface area contributed by atoms with Crippen LogP contribution in [0.2, 0.25) is 5.15 Å². The van der Waals surface area contributed by atoms with Crippen LogP contribution < -0.4 is 5.32 Å². The normalized spacial score (nSPS) is 10.6. The van der Waals surface area contributed by atoms with Crippen LogP contribution in [-0.4, -0.2) is 14.5 Å². The number of rotatable bonds is 4. The van der Waals surface area contributed by atoms with Crippen molar-refractivity contribution in [1.82, 2.24) is 14.5 Å². The Morgan fingerprint density at radius 2 is 1.90 bits per heavy atom. The van der Waals surface area contributed by atoms with E-state index in [4.69, 9.17) is 11.6 Å². The van der Waals surface area contributed by atoms with Crippen LogP contribution in [0.4, 0.5) is 11.6 Å². The van der Waals surface area contributed by atoms with Gasteiger partial charge in [-0.15, -0.1) is 0 Å². The summed E-state index contributed by atoms with van der Waals surface area (Å²) in [5.74, 6) is 1.42. The van der Waals surface area contributed by atoms with Gasteiger partial charge in [0.15, 0.2) is 0 Å². The largest absolute Gasteiger partial charge is 0.338 e. The highest BCUT2D eigenvalue weighted by atomic mass is 35.5. The van der Waals surface area contributed by atoms with Crippen LogP contribution >= 0.6 is 23.4 Å². The molecule has 0 bridgehead atoms. The lowest BCUT2D eigenvalue weighted by Gasteiger charge is -2.06. The van der Waals surface area contributed by atoms with Gasteiger partial charge in [0.05, 0.1) is 6.33 Å². The van der Waals surface area contributed by atoms with E-state index in [1.165, 1.54) is 0 Å². The summed E-state index contributed by atoms with van der Waals surface area (Å²) in [6, 6.07) is 13.9. The SMILES string of the molecule is Cn1cnc(Nc2cc(Sc3ccccc3)cc(Cl)n2)c1. The average Bonchev–Trinajstić information content (AvgIpc) is 2.84. The van der Waals surface area contributed by atoms with E-state index in [0.29, 0.717) is 11.0 Å².